The Balaban J connectivity index is 1.73. The fraction of sp³-hybridized carbons (Fsp3) is 0.476. The number of likely N-dealkylation sites (N-methyl/N-ethyl adjacent to an activating group) is 1. The number of hydrogen-bond donors (Lipinski definition) is 4. The van der Waals surface area contributed by atoms with Gasteiger partial charge in [-0.2, -0.15) is 0 Å². The molecule has 0 atom stereocenters. The van der Waals surface area contributed by atoms with Gasteiger partial charge in [0.1, 0.15) is 18.7 Å². The lowest BCUT2D eigenvalue weighted by atomic mass is 9.98. The fourth-order valence-corrected chi connectivity index (χ4v) is 3.50. The van der Waals surface area contributed by atoms with Crippen LogP contribution < -0.4 is 25.8 Å². The third kappa shape index (κ3) is 7.21. The van der Waals surface area contributed by atoms with Gasteiger partial charge in [0.25, 0.3) is 5.87 Å². The van der Waals surface area contributed by atoms with Gasteiger partial charge in [-0.05, 0) is 44.7 Å². The van der Waals surface area contributed by atoms with E-state index in [1.54, 1.807) is 13.1 Å². The summed E-state index contributed by atoms with van der Waals surface area (Å²) in [6, 6.07) is 4.99. The van der Waals surface area contributed by atoms with Crippen molar-refractivity contribution in [2.45, 2.75) is 51.0 Å². The minimum absolute atomic E-state index is 0.0220. The van der Waals surface area contributed by atoms with Crippen molar-refractivity contribution in [1.82, 2.24) is 20.0 Å². The molecule has 6 N–H and O–H groups in total. The second kappa shape index (κ2) is 10.7. The van der Waals surface area contributed by atoms with Crippen molar-refractivity contribution in [3.05, 3.63) is 41.6 Å². The van der Waals surface area contributed by atoms with E-state index in [2.05, 4.69) is 15.0 Å². The smallest absolute Gasteiger partial charge is 0.268 e. The van der Waals surface area contributed by atoms with Crippen LogP contribution in [0.15, 0.2) is 30.2 Å². The van der Waals surface area contributed by atoms with Crippen LogP contribution in [0.5, 0.6) is 17.5 Å². The maximum absolute atomic E-state index is 9.35. The van der Waals surface area contributed by atoms with E-state index in [4.69, 9.17) is 25.8 Å². The molecule has 1 fully saturated rings. The molecule has 2 aromatic heterocycles. The lowest BCUT2D eigenvalue weighted by molar-refractivity contribution is -0.225. The van der Waals surface area contributed by atoms with Gasteiger partial charge < -0.3 is 35.2 Å². The van der Waals surface area contributed by atoms with E-state index in [0.29, 0.717) is 17.1 Å². The summed E-state index contributed by atoms with van der Waals surface area (Å²) in [5.41, 5.74) is 8.47. The lowest BCUT2D eigenvalue weighted by Gasteiger charge is -2.24. The van der Waals surface area contributed by atoms with Gasteiger partial charge in [0.2, 0.25) is 19.6 Å². The van der Waals surface area contributed by atoms with Crippen LogP contribution in [0.1, 0.15) is 43.5 Å². The first-order valence-electron chi connectivity index (χ1n) is 10.8. The molecule has 1 saturated carbocycles. The maximum atomic E-state index is 9.35. The van der Waals surface area contributed by atoms with Crippen LogP contribution in [0.2, 0.25) is 0 Å². The average Bonchev–Trinajstić information content (AvgIpc) is 2.75. The Morgan fingerprint density at radius 3 is 2.55 bits per heavy atom. The number of aliphatic hydroxyl groups is 2. The van der Waals surface area contributed by atoms with Crippen LogP contribution in [-0.4, -0.2) is 63.7 Å². The van der Waals surface area contributed by atoms with Gasteiger partial charge >= 0.3 is 0 Å². The molecule has 0 unspecified atom stereocenters. The van der Waals surface area contributed by atoms with E-state index >= 15 is 0 Å². The zero-order valence-electron chi connectivity index (χ0n) is 19.2. The van der Waals surface area contributed by atoms with Crippen molar-refractivity contribution in [2.24, 2.45) is 11.6 Å². The predicted molar refractivity (Wildman–Crippen MR) is 123 cm³/mol. The van der Waals surface area contributed by atoms with Gasteiger partial charge in [0, 0.05) is 7.05 Å². The van der Waals surface area contributed by atoms with E-state index in [-0.39, 0.29) is 24.5 Å². The number of rotatable bonds is 9. The largest absolute Gasteiger partial charge is 0.489 e. The number of pyridine rings is 1. The summed E-state index contributed by atoms with van der Waals surface area (Å²) in [5, 5.41) is 20.1. The summed E-state index contributed by atoms with van der Waals surface area (Å²) in [4.78, 5) is 12.4. The van der Waals surface area contributed by atoms with Gasteiger partial charge in [-0.3, -0.25) is 0 Å². The molecule has 1 aliphatic carbocycles. The summed E-state index contributed by atoms with van der Waals surface area (Å²) in [6.45, 7) is 1.86. The second-order valence-electron chi connectivity index (χ2n) is 8.15. The molecule has 2 heterocycles. The standard InChI is InChI=1S/C21H31BN6O5/c1-13-17(32-14-6-4-3-5-7-14)9-8-15(27-13)20(23)16(28(2)24)11-31-18-10-19(26-12-25-18)33-21(22,29)30/h8-10,12,14,29-30H,3-7,11,22-24H2,1-2H3/b20-16-. The molecule has 0 saturated heterocycles. The van der Waals surface area contributed by atoms with Crippen LogP contribution in [0.4, 0.5) is 0 Å². The Hall–Kier alpha value is -3.09. The molecule has 11 nitrogen and oxygen atoms in total. The number of hydrazine groups is 1. The molecular formula is C21H31BN6O5. The molecular weight excluding hydrogens is 427 g/mol. The Labute approximate surface area is 193 Å². The zero-order chi connectivity index (χ0) is 24.0. The molecule has 0 bridgehead atoms. The SMILES string of the molecule is BC(O)(O)Oc1cc(OC/C(=C(/N)c2ccc(OC3CCCCC3)c(C)n2)N(C)N)ncn1. The number of ether oxygens (including phenoxy) is 3. The highest BCUT2D eigenvalue weighted by Crippen LogP contribution is 2.26. The first-order valence-corrected chi connectivity index (χ1v) is 10.8. The summed E-state index contributed by atoms with van der Waals surface area (Å²) in [7, 11) is 2.69. The van der Waals surface area contributed by atoms with E-state index in [0.717, 1.165) is 32.1 Å². The quantitative estimate of drug-likeness (QED) is 0.173. The second-order valence-corrected chi connectivity index (χ2v) is 8.15. The van der Waals surface area contributed by atoms with Crippen molar-refractivity contribution in [1.29, 1.82) is 0 Å². The number of aromatic nitrogens is 3. The number of nitrogens with two attached hydrogens (primary N) is 2. The predicted octanol–water partition coefficient (Wildman–Crippen LogP) is 0.0111. The molecule has 2 aromatic rings. The third-order valence-corrected chi connectivity index (χ3v) is 5.17. The van der Waals surface area contributed by atoms with Crippen molar-refractivity contribution in [2.75, 3.05) is 13.7 Å². The molecule has 0 spiro atoms. The summed E-state index contributed by atoms with van der Waals surface area (Å²) in [5.74, 6) is 4.42. The van der Waals surface area contributed by atoms with E-state index < -0.39 is 5.87 Å². The van der Waals surface area contributed by atoms with Gasteiger partial charge in [0.05, 0.1) is 35.0 Å². The van der Waals surface area contributed by atoms with Gasteiger partial charge in [0.15, 0.2) is 0 Å². The van der Waals surface area contributed by atoms with Crippen LogP contribution >= 0.6 is 0 Å². The summed E-state index contributed by atoms with van der Waals surface area (Å²) >= 11 is 0. The van der Waals surface area contributed by atoms with Gasteiger partial charge in [-0.15, -0.1) is 0 Å². The van der Waals surface area contributed by atoms with Crippen LogP contribution in [0.3, 0.4) is 0 Å². The van der Waals surface area contributed by atoms with Crippen molar-refractivity contribution in [3.8, 4) is 17.5 Å². The maximum Gasteiger partial charge on any atom is 0.268 e. The molecule has 0 radical (unpaired) electrons. The highest BCUT2D eigenvalue weighted by molar-refractivity contribution is 6.11. The summed E-state index contributed by atoms with van der Waals surface area (Å²) < 4.78 is 16.7. The van der Waals surface area contributed by atoms with Crippen LogP contribution in [0.25, 0.3) is 5.70 Å². The highest BCUT2D eigenvalue weighted by Gasteiger charge is 2.19. The Morgan fingerprint density at radius 1 is 1.21 bits per heavy atom. The monoisotopic (exact) mass is 458 g/mol. The van der Waals surface area contributed by atoms with Gasteiger partial charge in [-0.25, -0.2) is 20.8 Å². The zero-order valence-corrected chi connectivity index (χ0v) is 19.2. The van der Waals surface area contributed by atoms with E-state index in [1.807, 2.05) is 13.0 Å². The number of hydrogen-bond acceptors (Lipinski definition) is 11. The van der Waals surface area contributed by atoms with Crippen molar-refractivity contribution < 1.29 is 24.4 Å². The topological polar surface area (TPSA) is 162 Å². The van der Waals surface area contributed by atoms with Gasteiger partial charge in [-0.1, -0.05) is 6.42 Å². The first-order chi connectivity index (χ1) is 15.6. The minimum Gasteiger partial charge on any atom is -0.489 e. The molecule has 0 amide bonds. The van der Waals surface area contributed by atoms with Crippen LogP contribution in [0, 0.1) is 6.92 Å². The number of aryl methyl sites for hydroxylation is 1. The molecule has 178 valence electrons. The van der Waals surface area contributed by atoms with E-state index in [1.165, 1.54) is 36.7 Å². The molecule has 0 aliphatic heterocycles. The number of nitrogens with zero attached hydrogens (tertiary/aromatic N) is 4. The fourth-order valence-electron chi connectivity index (χ4n) is 3.50. The average molecular weight is 458 g/mol. The highest BCUT2D eigenvalue weighted by atomic mass is 16.8. The summed E-state index contributed by atoms with van der Waals surface area (Å²) in [6.07, 6.45) is 7.18. The molecule has 12 heteroatoms. The minimum atomic E-state index is -2.38. The first kappa shape index (κ1) is 24.6. The Bertz CT molecular complexity index is 976. The van der Waals surface area contributed by atoms with Crippen molar-refractivity contribution >= 4 is 13.5 Å². The Morgan fingerprint density at radius 2 is 1.91 bits per heavy atom. The lowest BCUT2D eigenvalue weighted by Crippen LogP contribution is -2.35. The molecule has 3 rings (SSSR count). The van der Waals surface area contributed by atoms with E-state index in [9.17, 15) is 10.2 Å². The third-order valence-electron chi connectivity index (χ3n) is 5.17. The van der Waals surface area contributed by atoms with Crippen molar-refractivity contribution in [3.63, 3.8) is 0 Å². The molecule has 1 aliphatic rings. The molecule has 0 aromatic carbocycles. The molecule has 33 heavy (non-hydrogen) atoms. The normalized spacial score (nSPS) is 15.5. The van der Waals surface area contributed by atoms with Crippen LogP contribution in [-0.2, 0) is 0 Å². The Kier molecular flexibility index (Phi) is 7.95.